The molecule has 0 unspecified atom stereocenters. The minimum Gasteiger partial charge on any atom is -0.476 e. The first kappa shape index (κ1) is 10.0. The lowest BCUT2D eigenvalue weighted by Crippen LogP contribution is -1.97. The maximum Gasteiger partial charge on any atom is 0.356 e. The van der Waals surface area contributed by atoms with Crippen LogP contribution in [0.1, 0.15) is 10.5 Å². The van der Waals surface area contributed by atoms with Crippen molar-refractivity contribution in [3.05, 3.63) is 41.7 Å². The van der Waals surface area contributed by atoms with Gasteiger partial charge in [0.2, 0.25) is 0 Å². The number of fused-ring (bicyclic) bond motifs is 1. The fraction of sp³-hybridized carbons (Fsp3) is 0. The molecule has 1 N–H and O–H groups in total. The first-order valence-electron chi connectivity index (χ1n) is 4.91. The monoisotopic (exact) mass is 245 g/mol. The zero-order valence-corrected chi connectivity index (χ0v) is 9.40. The molecule has 0 bridgehead atoms. The quantitative estimate of drug-likeness (QED) is 0.752. The molecule has 0 radical (unpaired) electrons. The molecule has 0 aliphatic heterocycles. The van der Waals surface area contributed by atoms with E-state index < -0.39 is 5.97 Å². The molecule has 1 aromatic carbocycles. The van der Waals surface area contributed by atoms with Crippen LogP contribution in [0.15, 0.2) is 40.5 Å². The number of carboxylic acid groups (broad SMARTS) is 1. The summed E-state index contributed by atoms with van der Waals surface area (Å²) in [5.41, 5.74) is 3.12. The van der Waals surface area contributed by atoms with Gasteiger partial charge < -0.3 is 9.52 Å². The van der Waals surface area contributed by atoms with Crippen LogP contribution in [0, 0.1) is 0 Å². The summed E-state index contributed by atoms with van der Waals surface area (Å²) >= 11 is 1.30. The Bertz CT molecular complexity index is 698. The summed E-state index contributed by atoms with van der Waals surface area (Å²) in [7, 11) is 0. The van der Waals surface area contributed by atoms with E-state index >= 15 is 0 Å². The van der Waals surface area contributed by atoms with Crippen LogP contribution in [-0.2, 0) is 0 Å². The van der Waals surface area contributed by atoms with Crippen molar-refractivity contribution < 1.29 is 14.3 Å². The van der Waals surface area contributed by atoms with E-state index in [4.69, 9.17) is 9.52 Å². The lowest BCUT2D eigenvalue weighted by molar-refractivity contribution is 0.0692. The smallest absolute Gasteiger partial charge is 0.356 e. The minimum atomic E-state index is -1.02. The normalized spacial score (nSPS) is 10.8. The Morgan fingerprint density at radius 1 is 1.35 bits per heavy atom. The third kappa shape index (κ3) is 1.52. The number of nitrogens with zero attached hydrogens (tertiary/aromatic N) is 1. The number of carbonyl (C=O) groups is 1. The van der Waals surface area contributed by atoms with E-state index in [1.807, 2.05) is 24.3 Å². The Morgan fingerprint density at radius 2 is 2.18 bits per heavy atom. The van der Waals surface area contributed by atoms with E-state index in [1.54, 1.807) is 6.26 Å². The number of carboxylic acids is 1. The lowest BCUT2D eigenvalue weighted by Gasteiger charge is -1.95. The number of thiazole rings is 1. The Balaban J connectivity index is 2.28. The fourth-order valence-corrected chi connectivity index (χ4v) is 2.54. The fourth-order valence-electron chi connectivity index (χ4n) is 1.74. The van der Waals surface area contributed by atoms with E-state index in [-0.39, 0.29) is 5.69 Å². The van der Waals surface area contributed by atoms with Crippen molar-refractivity contribution in [3.63, 3.8) is 0 Å². The summed E-state index contributed by atoms with van der Waals surface area (Å²) < 4.78 is 5.39. The molecule has 0 fully saturated rings. The van der Waals surface area contributed by atoms with Crippen LogP contribution < -0.4 is 0 Å². The number of aromatic carboxylic acids is 1. The van der Waals surface area contributed by atoms with E-state index in [0.717, 1.165) is 16.5 Å². The van der Waals surface area contributed by atoms with Gasteiger partial charge in [0.25, 0.3) is 0 Å². The first-order chi connectivity index (χ1) is 8.27. The summed E-state index contributed by atoms with van der Waals surface area (Å²) in [5, 5.41) is 9.94. The first-order valence-corrected chi connectivity index (χ1v) is 5.78. The maximum absolute atomic E-state index is 11.0. The summed E-state index contributed by atoms with van der Waals surface area (Å²) in [5.74, 6) is -1.02. The number of para-hydroxylation sites is 1. The zero-order chi connectivity index (χ0) is 11.8. The standard InChI is InChI=1S/C12H7NO3S/c14-12(15)10-11(17-6-13-10)8-5-16-9-4-2-1-3-7(8)9/h1-6H,(H,14,15). The molecule has 3 rings (SSSR count). The molecule has 0 saturated heterocycles. The third-order valence-electron chi connectivity index (χ3n) is 2.50. The van der Waals surface area contributed by atoms with Crippen molar-refractivity contribution in [2.24, 2.45) is 0 Å². The van der Waals surface area contributed by atoms with Gasteiger partial charge in [0, 0.05) is 10.9 Å². The predicted octanol–water partition coefficient (Wildman–Crippen LogP) is 3.25. The number of rotatable bonds is 2. The number of hydrogen-bond acceptors (Lipinski definition) is 4. The topological polar surface area (TPSA) is 63.3 Å². The second-order valence-electron chi connectivity index (χ2n) is 3.48. The van der Waals surface area contributed by atoms with Gasteiger partial charge in [-0.15, -0.1) is 11.3 Å². The van der Waals surface area contributed by atoms with Crippen molar-refractivity contribution in [1.82, 2.24) is 4.98 Å². The highest BCUT2D eigenvalue weighted by Crippen LogP contribution is 2.34. The van der Waals surface area contributed by atoms with Crippen LogP contribution in [0.2, 0.25) is 0 Å². The summed E-state index contributed by atoms with van der Waals surface area (Å²) in [6, 6.07) is 7.52. The van der Waals surface area contributed by atoms with Crippen LogP contribution in [0.25, 0.3) is 21.4 Å². The van der Waals surface area contributed by atoms with Crippen molar-refractivity contribution in [3.8, 4) is 10.4 Å². The van der Waals surface area contributed by atoms with Crippen molar-refractivity contribution >= 4 is 28.3 Å². The molecule has 2 heterocycles. The molecule has 2 aromatic heterocycles. The van der Waals surface area contributed by atoms with Gasteiger partial charge in [0.15, 0.2) is 5.69 Å². The van der Waals surface area contributed by atoms with Crippen molar-refractivity contribution in [2.75, 3.05) is 0 Å². The van der Waals surface area contributed by atoms with Crippen LogP contribution in [-0.4, -0.2) is 16.1 Å². The second kappa shape index (κ2) is 3.71. The molecular formula is C12H7NO3S. The Morgan fingerprint density at radius 3 is 3.00 bits per heavy atom. The van der Waals surface area contributed by atoms with Gasteiger partial charge in [-0.25, -0.2) is 9.78 Å². The van der Waals surface area contributed by atoms with Crippen molar-refractivity contribution in [2.45, 2.75) is 0 Å². The van der Waals surface area contributed by atoms with Gasteiger partial charge >= 0.3 is 5.97 Å². The highest BCUT2D eigenvalue weighted by molar-refractivity contribution is 7.13. The highest BCUT2D eigenvalue weighted by Gasteiger charge is 2.18. The van der Waals surface area contributed by atoms with E-state index in [0.29, 0.717) is 4.88 Å². The largest absolute Gasteiger partial charge is 0.476 e. The van der Waals surface area contributed by atoms with Gasteiger partial charge in [-0.2, -0.15) is 0 Å². The molecule has 4 nitrogen and oxygen atoms in total. The summed E-state index contributed by atoms with van der Waals surface area (Å²) in [6.07, 6.45) is 1.57. The minimum absolute atomic E-state index is 0.0709. The van der Waals surface area contributed by atoms with Crippen LogP contribution >= 0.6 is 11.3 Å². The number of benzene rings is 1. The van der Waals surface area contributed by atoms with Gasteiger partial charge in [-0.05, 0) is 6.07 Å². The average Bonchev–Trinajstić information content (AvgIpc) is 2.94. The highest BCUT2D eigenvalue weighted by atomic mass is 32.1. The number of furan rings is 1. The molecule has 3 aromatic rings. The average molecular weight is 245 g/mol. The Kier molecular flexibility index (Phi) is 2.19. The van der Waals surface area contributed by atoms with E-state index in [2.05, 4.69) is 4.98 Å². The Labute approximate surface area is 100 Å². The summed E-state index contributed by atoms with van der Waals surface area (Å²) in [4.78, 5) is 15.5. The van der Waals surface area contributed by atoms with Crippen LogP contribution in [0.5, 0.6) is 0 Å². The molecular weight excluding hydrogens is 238 g/mol. The molecule has 0 aliphatic rings. The second-order valence-corrected chi connectivity index (χ2v) is 4.34. The van der Waals surface area contributed by atoms with Crippen LogP contribution in [0.3, 0.4) is 0 Å². The Hall–Kier alpha value is -2.14. The number of aromatic nitrogens is 1. The third-order valence-corrected chi connectivity index (χ3v) is 3.36. The van der Waals surface area contributed by atoms with Gasteiger partial charge in [0.05, 0.1) is 10.4 Å². The zero-order valence-electron chi connectivity index (χ0n) is 8.58. The molecule has 17 heavy (non-hydrogen) atoms. The van der Waals surface area contributed by atoms with Gasteiger partial charge in [-0.1, -0.05) is 18.2 Å². The molecule has 0 spiro atoms. The predicted molar refractivity (Wildman–Crippen MR) is 64.3 cm³/mol. The van der Waals surface area contributed by atoms with Crippen LogP contribution in [0.4, 0.5) is 0 Å². The molecule has 0 atom stereocenters. The van der Waals surface area contributed by atoms with E-state index in [1.165, 1.54) is 16.8 Å². The van der Waals surface area contributed by atoms with Crippen molar-refractivity contribution in [1.29, 1.82) is 0 Å². The maximum atomic E-state index is 11.0. The molecule has 5 heteroatoms. The van der Waals surface area contributed by atoms with Gasteiger partial charge in [0.1, 0.15) is 11.8 Å². The molecule has 84 valence electrons. The molecule has 0 saturated carbocycles. The number of hydrogen-bond donors (Lipinski definition) is 1. The molecule has 0 amide bonds. The SMILES string of the molecule is O=C(O)c1ncsc1-c1coc2ccccc12. The van der Waals surface area contributed by atoms with Gasteiger partial charge in [-0.3, -0.25) is 0 Å². The summed E-state index contributed by atoms with van der Waals surface area (Å²) in [6.45, 7) is 0. The van der Waals surface area contributed by atoms with E-state index in [9.17, 15) is 4.79 Å². The lowest BCUT2D eigenvalue weighted by atomic mass is 10.1. The molecule has 0 aliphatic carbocycles.